The molecule has 1 heterocycles. The molecule has 0 saturated heterocycles. The van der Waals surface area contributed by atoms with Crippen LogP contribution in [0.15, 0.2) is 28.9 Å². The van der Waals surface area contributed by atoms with Crippen molar-refractivity contribution in [1.82, 2.24) is 0 Å². The predicted octanol–water partition coefficient (Wildman–Crippen LogP) is 2.74. The summed E-state index contributed by atoms with van der Waals surface area (Å²) >= 11 is 2.19. The van der Waals surface area contributed by atoms with Gasteiger partial charge in [0.25, 0.3) is 0 Å². The first-order valence-corrected chi connectivity index (χ1v) is 4.21. The SMILES string of the molecule is Oc1coc2ccc(I)cc12. The Balaban J connectivity index is 2.87. The largest absolute Gasteiger partial charge is 0.504 e. The van der Waals surface area contributed by atoms with Gasteiger partial charge in [-0.1, -0.05) is 0 Å². The Bertz CT molecular complexity index is 392. The average Bonchev–Trinajstić information content (AvgIpc) is 2.33. The number of hydrogen-bond acceptors (Lipinski definition) is 2. The lowest BCUT2D eigenvalue weighted by Crippen LogP contribution is -1.68. The molecule has 2 rings (SSSR count). The minimum Gasteiger partial charge on any atom is -0.504 e. The highest BCUT2D eigenvalue weighted by Gasteiger charge is 2.02. The van der Waals surface area contributed by atoms with E-state index < -0.39 is 0 Å². The summed E-state index contributed by atoms with van der Waals surface area (Å²) in [4.78, 5) is 0. The van der Waals surface area contributed by atoms with Gasteiger partial charge in [0.15, 0.2) is 5.75 Å². The van der Waals surface area contributed by atoms with E-state index in [1.54, 1.807) is 0 Å². The van der Waals surface area contributed by atoms with Crippen molar-refractivity contribution in [3.63, 3.8) is 0 Å². The van der Waals surface area contributed by atoms with Crippen molar-refractivity contribution in [3.05, 3.63) is 28.0 Å². The molecule has 2 aromatic rings. The number of halogens is 1. The lowest BCUT2D eigenvalue weighted by atomic mass is 10.2. The summed E-state index contributed by atoms with van der Waals surface area (Å²) in [6.45, 7) is 0. The van der Waals surface area contributed by atoms with Gasteiger partial charge in [-0.2, -0.15) is 0 Å². The molecular weight excluding hydrogens is 255 g/mol. The van der Waals surface area contributed by atoms with Crippen LogP contribution >= 0.6 is 22.6 Å². The van der Waals surface area contributed by atoms with Crippen LogP contribution in [0.4, 0.5) is 0 Å². The van der Waals surface area contributed by atoms with Crippen LogP contribution in [-0.2, 0) is 0 Å². The van der Waals surface area contributed by atoms with E-state index in [0.29, 0.717) is 0 Å². The number of rotatable bonds is 0. The molecule has 0 amide bonds. The van der Waals surface area contributed by atoms with Crippen LogP contribution in [0.25, 0.3) is 11.0 Å². The Morgan fingerprint density at radius 3 is 3.00 bits per heavy atom. The van der Waals surface area contributed by atoms with E-state index in [1.165, 1.54) is 6.26 Å². The van der Waals surface area contributed by atoms with Crippen LogP contribution in [0, 0.1) is 3.57 Å². The zero-order valence-electron chi connectivity index (χ0n) is 5.54. The Kier molecular flexibility index (Phi) is 1.52. The molecule has 2 nitrogen and oxygen atoms in total. The van der Waals surface area contributed by atoms with Crippen LogP contribution in [0.1, 0.15) is 0 Å². The van der Waals surface area contributed by atoms with Gasteiger partial charge in [-0.05, 0) is 40.8 Å². The maximum absolute atomic E-state index is 9.24. The number of fused-ring (bicyclic) bond motifs is 1. The molecule has 0 fully saturated rings. The summed E-state index contributed by atoms with van der Waals surface area (Å²) in [5.74, 6) is 0.207. The Morgan fingerprint density at radius 1 is 1.36 bits per heavy atom. The Hall–Kier alpha value is -0.710. The molecule has 1 N–H and O–H groups in total. The fourth-order valence-corrected chi connectivity index (χ4v) is 1.48. The number of benzene rings is 1. The number of aromatic hydroxyl groups is 1. The molecule has 0 atom stereocenters. The molecule has 0 bridgehead atoms. The first-order chi connectivity index (χ1) is 5.27. The minimum atomic E-state index is 0.207. The lowest BCUT2D eigenvalue weighted by Gasteiger charge is -1.89. The van der Waals surface area contributed by atoms with Crippen molar-refractivity contribution in [2.24, 2.45) is 0 Å². The third-order valence-electron chi connectivity index (χ3n) is 1.52. The minimum absolute atomic E-state index is 0.207. The highest BCUT2D eigenvalue weighted by Crippen LogP contribution is 2.27. The highest BCUT2D eigenvalue weighted by molar-refractivity contribution is 14.1. The summed E-state index contributed by atoms with van der Waals surface area (Å²) in [6.07, 6.45) is 1.35. The van der Waals surface area contributed by atoms with Gasteiger partial charge in [-0.15, -0.1) is 0 Å². The van der Waals surface area contributed by atoms with Gasteiger partial charge in [0.2, 0.25) is 0 Å². The molecule has 0 saturated carbocycles. The molecule has 11 heavy (non-hydrogen) atoms. The molecule has 56 valence electrons. The third kappa shape index (κ3) is 1.09. The highest BCUT2D eigenvalue weighted by atomic mass is 127. The first-order valence-electron chi connectivity index (χ1n) is 3.13. The average molecular weight is 260 g/mol. The van der Waals surface area contributed by atoms with Crippen molar-refractivity contribution in [1.29, 1.82) is 0 Å². The molecule has 0 unspecified atom stereocenters. The van der Waals surface area contributed by atoms with Crippen LogP contribution in [0.3, 0.4) is 0 Å². The molecular formula is C8H5IO2. The van der Waals surface area contributed by atoms with E-state index in [-0.39, 0.29) is 5.75 Å². The summed E-state index contributed by atoms with van der Waals surface area (Å²) in [5, 5.41) is 10.0. The van der Waals surface area contributed by atoms with Gasteiger partial charge < -0.3 is 9.52 Å². The van der Waals surface area contributed by atoms with Crippen molar-refractivity contribution in [2.45, 2.75) is 0 Å². The summed E-state index contributed by atoms with van der Waals surface area (Å²) in [6, 6.07) is 5.66. The third-order valence-corrected chi connectivity index (χ3v) is 2.19. The molecule has 0 radical (unpaired) electrons. The van der Waals surface area contributed by atoms with E-state index in [2.05, 4.69) is 22.6 Å². The fourth-order valence-electron chi connectivity index (χ4n) is 0.988. The van der Waals surface area contributed by atoms with Gasteiger partial charge in [-0.3, -0.25) is 0 Å². The Morgan fingerprint density at radius 2 is 2.18 bits per heavy atom. The van der Waals surface area contributed by atoms with Gasteiger partial charge in [0, 0.05) is 3.57 Å². The maximum atomic E-state index is 9.24. The normalized spacial score (nSPS) is 10.6. The standard InChI is InChI=1S/C8H5IO2/c9-5-1-2-8-6(3-5)7(10)4-11-8/h1-4,10H. The molecule has 0 aliphatic carbocycles. The van der Waals surface area contributed by atoms with Crippen molar-refractivity contribution >= 4 is 33.6 Å². The van der Waals surface area contributed by atoms with E-state index in [9.17, 15) is 5.11 Å². The fraction of sp³-hybridized carbons (Fsp3) is 0. The molecule has 0 aliphatic rings. The van der Waals surface area contributed by atoms with Gasteiger partial charge in [-0.25, -0.2) is 0 Å². The number of furan rings is 1. The monoisotopic (exact) mass is 260 g/mol. The second kappa shape index (κ2) is 2.41. The Labute approximate surface area is 77.0 Å². The van der Waals surface area contributed by atoms with E-state index in [4.69, 9.17) is 4.42 Å². The van der Waals surface area contributed by atoms with E-state index in [1.807, 2.05) is 18.2 Å². The zero-order chi connectivity index (χ0) is 7.84. The summed E-state index contributed by atoms with van der Waals surface area (Å²) < 4.78 is 6.14. The van der Waals surface area contributed by atoms with E-state index in [0.717, 1.165) is 14.5 Å². The molecule has 0 aliphatic heterocycles. The van der Waals surface area contributed by atoms with E-state index >= 15 is 0 Å². The molecule has 1 aromatic carbocycles. The molecule has 1 aromatic heterocycles. The number of hydrogen-bond donors (Lipinski definition) is 1. The maximum Gasteiger partial charge on any atom is 0.161 e. The van der Waals surface area contributed by atoms with Gasteiger partial charge in [0.1, 0.15) is 11.8 Å². The van der Waals surface area contributed by atoms with Crippen LogP contribution in [-0.4, -0.2) is 5.11 Å². The second-order valence-corrected chi connectivity index (χ2v) is 3.51. The lowest BCUT2D eigenvalue weighted by molar-refractivity contribution is 0.464. The van der Waals surface area contributed by atoms with Gasteiger partial charge >= 0.3 is 0 Å². The molecule has 0 spiro atoms. The van der Waals surface area contributed by atoms with Crippen molar-refractivity contribution in [2.75, 3.05) is 0 Å². The summed E-state index contributed by atoms with van der Waals surface area (Å²) in [5.41, 5.74) is 0.725. The van der Waals surface area contributed by atoms with Crippen molar-refractivity contribution < 1.29 is 9.52 Å². The molecule has 3 heteroatoms. The predicted molar refractivity (Wildman–Crippen MR) is 50.6 cm³/mol. The first kappa shape index (κ1) is 6.97. The van der Waals surface area contributed by atoms with Crippen LogP contribution in [0.5, 0.6) is 5.75 Å². The summed E-state index contributed by atoms with van der Waals surface area (Å²) in [7, 11) is 0. The smallest absolute Gasteiger partial charge is 0.161 e. The van der Waals surface area contributed by atoms with Crippen LogP contribution < -0.4 is 0 Å². The van der Waals surface area contributed by atoms with Gasteiger partial charge in [0.05, 0.1) is 5.39 Å². The van der Waals surface area contributed by atoms with Crippen LogP contribution in [0.2, 0.25) is 0 Å². The quantitative estimate of drug-likeness (QED) is 0.739. The van der Waals surface area contributed by atoms with Crippen molar-refractivity contribution in [3.8, 4) is 5.75 Å². The second-order valence-electron chi connectivity index (χ2n) is 2.26. The zero-order valence-corrected chi connectivity index (χ0v) is 7.70. The topological polar surface area (TPSA) is 33.4 Å².